The fourth-order valence-corrected chi connectivity index (χ4v) is 3.24. The van der Waals surface area contributed by atoms with Crippen LogP contribution in [0.25, 0.3) is 6.08 Å². The molecule has 1 heterocycles. The summed E-state index contributed by atoms with van der Waals surface area (Å²) in [7, 11) is 0. The van der Waals surface area contributed by atoms with Crippen LogP contribution < -0.4 is 15.0 Å². The number of nitrogens with one attached hydrogen (secondary N) is 1. The molecule has 0 saturated carbocycles. The molecule has 0 atom stereocenters. The van der Waals surface area contributed by atoms with Gasteiger partial charge >= 0.3 is 5.97 Å². The van der Waals surface area contributed by atoms with Gasteiger partial charge in [0.25, 0.3) is 11.8 Å². The maximum absolute atomic E-state index is 13.0. The molecule has 7 nitrogen and oxygen atoms in total. The number of anilines is 1. The van der Waals surface area contributed by atoms with Crippen molar-refractivity contribution in [3.63, 3.8) is 0 Å². The SMILES string of the molecule is Cc1ccccc1N1C(=O)C(=Cc2ccc(OCC(=O)O)c(Cl)c2)C(=O)NC1=S. The Morgan fingerprint density at radius 2 is 2.00 bits per heavy atom. The number of nitrogens with zero attached hydrogens (tertiary/aromatic N) is 1. The Labute approximate surface area is 176 Å². The minimum absolute atomic E-state index is 0.00176. The number of hydrogen-bond acceptors (Lipinski definition) is 5. The molecule has 0 bridgehead atoms. The van der Waals surface area contributed by atoms with E-state index >= 15 is 0 Å². The number of aryl methyl sites for hydroxylation is 1. The smallest absolute Gasteiger partial charge is 0.341 e. The summed E-state index contributed by atoms with van der Waals surface area (Å²) in [5.74, 6) is -2.13. The van der Waals surface area contributed by atoms with Gasteiger partial charge in [-0.3, -0.25) is 19.8 Å². The third-order valence-corrected chi connectivity index (χ3v) is 4.66. The van der Waals surface area contributed by atoms with Crippen molar-refractivity contribution in [2.24, 2.45) is 0 Å². The maximum Gasteiger partial charge on any atom is 0.341 e. The number of aliphatic carboxylic acids is 1. The molecular formula is C20H15ClN2O5S. The van der Waals surface area contributed by atoms with Crippen LogP contribution in [0.3, 0.4) is 0 Å². The molecule has 0 spiro atoms. The van der Waals surface area contributed by atoms with Crippen molar-refractivity contribution in [1.82, 2.24) is 5.32 Å². The molecule has 2 amide bonds. The summed E-state index contributed by atoms with van der Waals surface area (Å²) < 4.78 is 5.06. The van der Waals surface area contributed by atoms with Crippen molar-refractivity contribution < 1.29 is 24.2 Å². The number of carboxylic acid groups (broad SMARTS) is 1. The average Bonchev–Trinajstić information content (AvgIpc) is 2.65. The molecule has 0 unspecified atom stereocenters. The highest BCUT2D eigenvalue weighted by Gasteiger charge is 2.35. The molecule has 0 radical (unpaired) electrons. The van der Waals surface area contributed by atoms with Crippen LogP contribution >= 0.6 is 23.8 Å². The summed E-state index contributed by atoms with van der Waals surface area (Å²) >= 11 is 11.3. The van der Waals surface area contributed by atoms with Crippen LogP contribution in [-0.2, 0) is 14.4 Å². The summed E-state index contributed by atoms with van der Waals surface area (Å²) in [6.07, 6.45) is 1.39. The van der Waals surface area contributed by atoms with E-state index < -0.39 is 24.4 Å². The Hall–Kier alpha value is -3.23. The number of amides is 2. The average molecular weight is 431 g/mol. The van der Waals surface area contributed by atoms with E-state index in [1.54, 1.807) is 18.2 Å². The summed E-state index contributed by atoms with van der Waals surface area (Å²) in [5, 5.41) is 11.4. The topological polar surface area (TPSA) is 95.9 Å². The first kappa shape index (κ1) is 20.5. The van der Waals surface area contributed by atoms with Gasteiger partial charge in [0.05, 0.1) is 10.7 Å². The second kappa shape index (κ2) is 8.42. The molecular weight excluding hydrogens is 416 g/mol. The lowest BCUT2D eigenvalue weighted by Crippen LogP contribution is -2.54. The quantitative estimate of drug-likeness (QED) is 0.430. The van der Waals surface area contributed by atoms with Crippen LogP contribution in [0, 0.1) is 6.92 Å². The minimum Gasteiger partial charge on any atom is -0.480 e. The largest absolute Gasteiger partial charge is 0.480 e. The highest BCUT2D eigenvalue weighted by atomic mass is 35.5. The van der Waals surface area contributed by atoms with Gasteiger partial charge in [-0.15, -0.1) is 0 Å². The fourth-order valence-electron chi connectivity index (χ4n) is 2.72. The molecule has 0 aliphatic carbocycles. The Kier molecular flexibility index (Phi) is 5.95. The molecule has 2 N–H and O–H groups in total. The van der Waals surface area contributed by atoms with E-state index in [2.05, 4.69) is 5.32 Å². The molecule has 148 valence electrons. The summed E-state index contributed by atoms with van der Waals surface area (Å²) in [6, 6.07) is 11.7. The number of thiocarbonyl (C=S) groups is 1. The molecule has 1 fully saturated rings. The number of carbonyl (C=O) groups is 3. The van der Waals surface area contributed by atoms with E-state index in [9.17, 15) is 14.4 Å². The Bertz CT molecular complexity index is 1070. The van der Waals surface area contributed by atoms with Gasteiger partial charge in [-0.05, 0) is 54.5 Å². The summed E-state index contributed by atoms with van der Waals surface area (Å²) in [6.45, 7) is 1.30. The lowest BCUT2D eigenvalue weighted by Gasteiger charge is -2.30. The Morgan fingerprint density at radius 3 is 2.66 bits per heavy atom. The van der Waals surface area contributed by atoms with Gasteiger partial charge in [0.1, 0.15) is 11.3 Å². The first-order valence-electron chi connectivity index (χ1n) is 8.39. The summed E-state index contributed by atoms with van der Waals surface area (Å²) in [4.78, 5) is 37.3. The van der Waals surface area contributed by atoms with Crippen molar-refractivity contribution in [3.05, 3.63) is 64.2 Å². The Morgan fingerprint density at radius 1 is 1.28 bits per heavy atom. The molecule has 29 heavy (non-hydrogen) atoms. The van der Waals surface area contributed by atoms with Gasteiger partial charge in [-0.25, -0.2) is 4.79 Å². The van der Waals surface area contributed by atoms with Gasteiger partial charge < -0.3 is 9.84 Å². The standard InChI is InChI=1S/C20H15ClN2O5S/c1-11-4-2-3-5-15(11)23-19(27)13(18(26)22-20(23)29)8-12-6-7-16(14(21)9-12)28-10-17(24)25/h2-9H,10H2,1H3,(H,24,25)(H,22,26,29). The number of carbonyl (C=O) groups excluding carboxylic acids is 2. The highest BCUT2D eigenvalue weighted by Crippen LogP contribution is 2.28. The lowest BCUT2D eigenvalue weighted by molar-refractivity contribution is -0.139. The van der Waals surface area contributed by atoms with Crippen molar-refractivity contribution in [2.75, 3.05) is 11.5 Å². The zero-order valence-corrected chi connectivity index (χ0v) is 16.7. The third-order valence-electron chi connectivity index (χ3n) is 4.08. The molecule has 2 aromatic rings. The number of halogens is 1. The van der Waals surface area contributed by atoms with Gasteiger partial charge in [-0.1, -0.05) is 35.9 Å². The van der Waals surface area contributed by atoms with Crippen molar-refractivity contribution in [3.8, 4) is 5.75 Å². The predicted octanol–water partition coefficient (Wildman–Crippen LogP) is 2.94. The first-order chi connectivity index (χ1) is 13.8. The third kappa shape index (κ3) is 4.44. The zero-order chi connectivity index (χ0) is 21.1. The number of carboxylic acids is 1. The van der Waals surface area contributed by atoms with E-state index in [0.29, 0.717) is 11.3 Å². The second-order valence-electron chi connectivity index (χ2n) is 6.12. The lowest BCUT2D eigenvalue weighted by atomic mass is 10.1. The monoisotopic (exact) mass is 430 g/mol. The van der Waals surface area contributed by atoms with E-state index in [0.717, 1.165) is 5.56 Å². The zero-order valence-electron chi connectivity index (χ0n) is 15.1. The van der Waals surface area contributed by atoms with Crippen molar-refractivity contribution in [2.45, 2.75) is 6.92 Å². The maximum atomic E-state index is 13.0. The number of hydrogen-bond donors (Lipinski definition) is 2. The molecule has 3 rings (SSSR count). The minimum atomic E-state index is -1.14. The van der Waals surface area contributed by atoms with Crippen molar-refractivity contribution in [1.29, 1.82) is 0 Å². The van der Waals surface area contributed by atoms with Crippen LogP contribution in [0.1, 0.15) is 11.1 Å². The Balaban J connectivity index is 1.94. The van der Waals surface area contributed by atoms with E-state index in [4.69, 9.17) is 33.7 Å². The van der Waals surface area contributed by atoms with Gasteiger partial charge in [0, 0.05) is 0 Å². The van der Waals surface area contributed by atoms with Crippen LogP contribution in [0.4, 0.5) is 5.69 Å². The summed E-state index contributed by atoms with van der Waals surface area (Å²) in [5.41, 5.74) is 1.75. The van der Waals surface area contributed by atoms with Gasteiger partial charge in [-0.2, -0.15) is 0 Å². The number of para-hydroxylation sites is 1. The van der Waals surface area contributed by atoms with Crippen LogP contribution in [0.15, 0.2) is 48.0 Å². The fraction of sp³-hybridized carbons (Fsp3) is 0.100. The number of ether oxygens (including phenoxy) is 1. The van der Waals surface area contributed by atoms with Crippen LogP contribution in [0.5, 0.6) is 5.75 Å². The molecule has 1 saturated heterocycles. The van der Waals surface area contributed by atoms with E-state index in [1.807, 2.05) is 19.1 Å². The van der Waals surface area contributed by atoms with E-state index in [1.165, 1.54) is 23.1 Å². The molecule has 0 aromatic heterocycles. The first-order valence-corrected chi connectivity index (χ1v) is 9.18. The molecule has 9 heteroatoms. The predicted molar refractivity (Wildman–Crippen MR) is 112 cm³/mol. The van der Waals surface area contributed by atoms with Crippen molar-refractivity contribution >= 4 is 58.5 Å². The number of benzene rings is 2. The van der Waals surface area contributed by atoms with E-state index in [-0.39, 0.29) is 21.5 Å². The van der Waals surface area contributed by atoms with Crippen LogP contribution in [0.2, 0.25) is 5.02 Å². The molecule has 1 aliphatic rings. The second-order valence-corrected chi connectivity index (χ2v) is 6.91. The molecule has 2 aromatic carbocycles. The highest BCUT2D eigenvalue weighted by molar-refractivity contribution is 7.80. The number of rotatable bonds is 5. The normalized spacial score (nSPS) is 15.4. The van der Waals surface area contributed by atoms with Gasteiger partial charge in [0.15, 0.2) is 11.7 Å². The molecule has 1 aliphatic heterocycles. The van der Waals surface area contributed by atoms with Crippen LogP contribution in [-0.4, -0.2) is 34.6 Å². The van der Waals surface area contributed by atoms with Gasteiger partial charge in [0.2, 0.25) is 0 Å².